The first kappa shape index (κ1) is 19.0. The fourth-order valence-corrected chi connectivity index (χ4v) is 4.42. The van der Waals surface area contributed by atoms with Gasteiger partial charge in [-0.15, -0.1) is 0 Å². The molecule has 0 spiro atoms. The lowest BCUT2D eigenvalue weighted by atomic mass is 10.2. The highest BCUT2D eigenvalue weighted by molar-refractivity contribution is 7.89. The van der Waals surface area contributed by atoms with E-state index < -0.39 is 10.0 Å². The van der Waals surface area contributed by atoms with Gasteiger partial charge in [0.15, 0.2) is 0 Å². The molecule has 142 valence electrons. The van der Waals surface area contributed by atoms with Gasteiger partial charge in [0.25, 0.3) is 0 Å². The number of hydrogen-bond acceptors (Lipinski definition) is 6. The van der Waals surface area contributed by atoms with Gasteiger partial charge in [-0.1, -0.05) is 0 Å². The molecule has 0 bridgehead atoms. The van der Waals surface area contributed by atoms with Crippen molar-refractivity contribution in [2.75, 3.05) is 52.9 Å². The number of ether oxygens (including phenoxy) is 1. The SMILES string of the molecule is CCOc1ccc(S(=O)(=O)N(C)CCN2CCNCC2)c2ncccc12. The van der Waals surface area contributed by atoms with E-state index in [1.165, 1.54) is 4.31 Å². The predicted octanol–water partition coefficient (Wildman–Crippen LogP) is 1.16. The van der Waals surface area contributed by atoms with Crippen molar-refractivity contribution < 1.29 is 13.2 Å². The summed E-state index contributed by atoms with van der Waals surface area (Å²) < 4.78 is 33.2. The third-order valence-corrected chi connectivity index (χ3v) is 6.51. The number of aromatic nitrogens is 1. The van der Waals surface area contributed by atoms with Crippen LogP contribution in [0.1, 0.15) is 6.92 Å². The van der Waals surface area contributed by atoms with Crippen LogP contribution in [0.25, 0.3) is 10.9 Å². The van der Waals surface area contributed by atoms with Crippen molar-refractivity contribution in [3.05, 3.63) is 30.5 Å². The Balaban J connectivity index is 1.85. The Hall–Kier alpha value is -1.74. The minimum absolute atomic E-state index is 0.222. The third-order valence-electron chi connectivity index (χ3n) is 4.62. The number of likely N-dealkylation sites (N-methyl/N-ethyl adjacent to an activating group) is 1. The summed E-state index contributed by atoms with van der Waals surface area (Å²) >= 11 is 0. The van der Waals surface area contributed by atoms with Gasteiger partial charge in [0.2, 0.25) is 10.0 Å². The highest BCUT2D eigenvalue weighted by Gasteiger charge is 2.25. The summed E-state index contributed by atoms with van der Waals surface area (Å²) in [5, 5.41) is 4.01. The maximum absolute atomic E-state index is 13.1. The lowest BCUT2D eigenvalue weighted by Crippen LogP contribution is -2.46. The molecule has 1 N–H and O–H groups in total. The Bertz CT molecular complexity index is 851. The van der Waals surface area contributed by atoms with Crippen LogP contribution in [0.3, 0.4) is 0 Å². The van der Waals surface area contributed by atoms with Gasteiger partial charge in [-0.25, -0.2) is 8.42 Å². The van der Waals surface area contributed by atoms with E-state index in [1.807, 2.05) is 13.0 Å². The number of fused-ring (bicyclic) bond motifs is 1. The number of hydrogen-bond donors (Lipinski definition) is 1. The second-order valence-electron chi connectivity index (χ2n) is 6.31. The first-order chi connectivity index (χ1) is 12.5. The van der Waals surface area contributed by atoms with Crippen molar-refractivity contribution in [3.63, 3.8) is 0 Å². The van der Waals surface area contributed by atoms with Crippen LogP contribution in [-0.4, -0.2) is 75.5 Å². The van der Waals surface area contributed by atoms with E-state index in [4.69, 9.17) is 4.74 Å². The highest BCUT2D eigenvalue weighted by atomic mass is 32.2. The van der Waals surface area contributed by atoms with Crippen molar-refractivity contribution in [3.8, 4) is 5.75 Å². The van der Waals surface area contributed by atoms with Crippen molar-refractivity contribution in [1.29, 1.82) is 0 Å². The minimum Gasteiger partial charge on any atom is -0.493 e. The van der Waals surface area contributed by atoms with Gasteiger partial charge < -0.3 is 10.1 Å². The summed E-state index contributed by atoms with van der Waals surface area (Å²) in [5.74, 6) is 0.651. The zero-order chi connectivity index (χ0) is 18.6. The number of benzene rings is 1. The molecule has 1 aliphatic rings. The van der Waals surface area contributed by atoms with E-state index in [0.717, 1.165) is 32.7 Å². The quantitative estimate of drug-likeness (QED) is 0.779. The summed E-state index contributed by atoms with van der Waals surface area (Å²) in [7, 11) is -2.00. The van der Waals surface area contributed by atoms with Crippen molar-refractivity contribution in [1.82, 2.24) is 19.5 Å². The lowest BCUT2D eigenvalue weighted by molar-refractivity contribution is 0.229. The van der Waals surface area contributed by atoms with Crippen LogP contribution in [0.15, 0.2) is 35.4 Å². The number of rotatable bonds is 7. The van der Waals surface area contributed by atoms with Crippen molar-refractivity contribution in [2.24, 2.45) is 0 Å². The van der Waals surface area contributed by atoms with Crippen LogP contribution in [-0.2, 0) is 10.0 Å². The minimum atomic E-state index is -3.63. The molecular weight excluding hydrogens is 352 g/mol. The summed E-state index contributed by atoms with van der Waals surface area (Å²) in [6.07, 6.45) is 1.61. The van der Waals surface area contributed by atoms with Crippen LogP contribution >= 0.6 is 0 Å². The zero-order valence-electron chi connectivity index (χ0n) is 15.3. The van der Waals surface area contributed by atoms with Gasteiger partial charge in [-0.2, -0.15) is 4.31 Å². The second kappa shape index (κ2) is 8.30. The fourth-order valence-electron chi connectivity index (χ4n) is 3.12. The first-order valence-electron chi connectivity index (χ1n) is 8.94. The van der Waals surface area contributed by atoms with Crippen molar-refractivity contribution in [2.45, 2.75) is 11.8 Å². The largest absolute Gasteiger partial charge is 0.493 e. The van der Waals surface area contributed by atoms with Crippen LogP contribution < -0.4 is 10.1 Å². The van der Waals surface area contributed by atoms with Gasteiger partial charge in [-0.3, -0.25) is 9.88 Å². The van der Waals surface area contributed by atoms with E-state index in [1.54, 1.807) is 31.4 Å². The van der Waals surface area contributed by atoms with Crippen LogP contribution in [0.5, 0.6) is 5.75 Å². The Kier molecular flexibility index (Phi) is 6.08. The molecule has 1 aromatic heterocycles. The number of pyridine rings is 1. The number of nitrogens with one attached hydrogen (secondary N) is 1. The molecule has 7 nitrogen and oxygen atoms in total. The highest BCUT2D eigenvalue weighted by Crippen LogP contribution is 2.30. The molecule has 1 saturated heterocycles. The van der Waals surface area contributed by atoms with Crippen molar-refractivity contribution >= 4 is 20.9 Å². The molecule has 0 radical (unpaired) electrons. The van der Waals surface area contributed by atoms with Gasteiger partial charge in [0, 0.05) is 57.9 Å². The third kappa shape index (κ3) is 3.98. The van der Waals surface area contributed by atoms with E-state index in [2.05, 4.69) is 15.2 Å². The van der Waals surface area contributed by atoms with Gasteiger partial charge in [0.05, 0.1) is 12.1 Å². The monoisotopic (exact) mass is 378 g/mol. The van der Waals surface area contributed by atoms with Gasteiger partial charge in [0.1, 0.15) is 10.6 Å². The van der Waals surface area contributed by atoms with E-state index in [0.29, 0.717) is 29.8 Å². The average molecular weight is 378 g/mol. The first-order valence-corrected chi connectivity index (χ1v) is 10.4. The average Bonchev–Trinajstić information content (AvgIpc) is 2.67. The molecule has 2 aromatic rings. The molecule has 0 aliphatic carbocycles. The molecule has 1 aliphatic heterocycles. The molecule has 3 rings (SSSR count). The molecule has 1 fully saturated rings. The van der Waals surface area contributed by atoms with Gasteiger partial charge in [-0.05, 0) is 31.2 Å². The van der Waals surface area contributed by atoms with Gasteiger partial charge >= 0.3 is 0 Å². The Morgan fingerprint density at radius 2 is 2.04 bits per heavy atom. The second-order valence-corrected chi connectivity index (χ2v) is 8.33. The lowest BCUT2D eigenvalue weighted by Gasteiger charge is -2.29. The molecule has 26 heavy (non-hydrogen) atoms. The Morgan fingerprint density at radius 1 is 1.27 bits per heavy atom. The maximum atomic E-state index is 13.1. The molecule has 1 aromatic carbocycles. The number of piperazine rings is 1. The normalized spacial score (nSPS) is 16.3. The van der Waals surface area contributed by atoms with Crippen LogP contribution in [0, 0.1) is 0 Å². The summed E-state index contributed by atoms with van der Waals surface area (Å²) in [6.45, 7) is 7.37. The topological polar surface area (TPSA) is 74.8 Å². The zero-order valence-corrected chi connectivity index (χ0v) is 16.1. The van der Waals surface area contributed by atoms with E-state index >= 15 is 0 Å². The fraction of sp³-hybridized carbons (Fsp3) is 0.500. The maximum Gasteiger partial charge on any atom is 0.245 e. The van der Waals surface area contributed by atoms with E-state index in [-0.39, 0.29) is 4.90 Å². The van der Waals surface area contributed by atoms with E-state index in [9.17, 15) is 8.42 Å². The number of nitrogens with zero attached hydrogens (tertiary/aromatic N) is 3. The smallest absolute Gasteiger partial charge is 0.245 e. The Labute approximate surface area is 155 Å². The molecule has 0 amide bonds. The summed E-state index contributed by atoms with van der Waals surface area (Å²) in [4.78, 5) is 6.81. The molecule has 2 heterocycles. The molecule has 0 atom stereocenters. The van der Waals surface area contributed by atoms with Crippen LogP contribution in [0.2, 0.25) is 0 Å². The number of sulfonamides is 1. The molecule has 0 unspecified atom stereocenters. The summed E-state index contributed by atoms with van der Waals surface area (Å²) in [5.41, 5.74) is 0.451. The molecule has 0 saturated carbocycles. The van der Waals surface area contributed by atoms with Crippen LogP contribution in [0.4, 0.5) is 0 Å². The summed E-state index contributed by atoms with van der Waals surface area (Å²) in [6, 6.07) is 6.93. The molecular formula is C18H26N4O3S. The standard InChI is InChI=1S/C18H26N4O3S/c1-3-25-16-6-7-17(18-15(16)5-4-8-20-18)26(23,24)21(2)13-14-22-11-9-19-10-12-22/h4-8,19H,3,9-14H2,1-2H3. The Morgan fingerprint density at radius 3 is 2.77 bits per heavy atom. The predicted molar refractivity (Wildman–Crippen MR) is 102 cm³/mol. The molecule has 8 heteroatoms.